The van der Waals surface area contributed by atoms with Crippen molar-refractivity contribution < 1.29 is 14.3 Å². The second-order valence-electron chi connectivity index (χ2n) is 5.38. The van der Waals surface area contributed by atoms with Crippen molar-refractivity contribution in [1.29, 1.82) is 0 Å². The van der Waals surface area contributed by atoms with Gasteiger partial charge in [0.05, 0.1) is 19.6 Å². The molecule has 3 nitrogen and oxygen atoms in total. The third-order valence-corrected chi connectivity index (χ3v) is 4.12. The van der Waals surface area contributed by atoms with Crippen LogP contribution in [0.5, 0.6) is 5.75 Å². The van der Waals surface area contributed by atoms with Gasteiger partial charge in [0.1, 0.15) is 5.75 Å². The van der Waals surface area contributed by atoms with E-state index in [0.717, 1.165) is 29.2 Å². The van der Waals surface area contributed by atoms with Crippen LogP contribution in [0.1, 0.15) is 38.2 Å². The average molecular weight is 297 g/mol. The van der Waals surface area contributed by atoms with Crippen LogP contribution < -0.4 is 4.74 Å². The van der Waals surface area contributed by atoms with Gasteiger partial charge in [-0.1, -0.05) is 18.5 Å². The first-order valence-electron chi connectivity index (χ1n) is 7.06. The van der Waals surface area contributed by atoms with Crippen LogP contribution in [0.2, 0.25) is 5.02 Å². The highest BCUT2D eigenvalue weighted by molar-refractivity contribution is 6.30. The number of ether oxygens (including phenoxy) is 2. The van der Waals surface area contributed by atoms with E-state index in [2.05, 4.69) is 6.92 Å². The number of methoxy groups -OCH3 is 1. The molecule has 1 aliphatic rings. The van der Waals surface area contributed by atoms with Crippen LogP contribution in [0.25, 0.3) is 0 Å². The second-order valence-corrected chi connectivity index (χ2v) is 5.81. The Morgan fingerprint density at radius 2 is 2.25 bits per heavy atom. The Kier molecular flexibility index (Phi) is 4.92. The number of halogens is 1. The Morgan fingerprint density at radius 1 is 1.50 bits per heavy atom. The summed E-state index contributed by atoms with van der Waals surface area (Å²) >= 11 is 6.09. The Bertz CT molecular complexity index is 487. The normalized spacial score (nSPS) is 22.2. The topological polar surface area (TPSA) is 35.5 Å². The highest BCUT2D eigenvalue weighted by atomic mass is 35.5. The lowest BCUT2D eigenvalue weighted by Crippen LogP contribution is -2.06. The zero-order valence-electron chi connectivity index (χ0n) is 12.2. The summed E-state index contributed by atoms with van der Waals surface area (Å²) in [6.45, 7) is 4.76. The third kappa shape index (κ3) is 3.45. The van der Waals surface area contributed by atoms with Crippen molar-refractivity contribution in [2.24, 2.45) is 11.8 Å². The molecule has 1 aromatic rings. The number of rotatable bonds is 6. The molecule has 1 aliphatic carbocycles. The number of benzene rings is 1. The molecule has 0 spiro atoms. The Labute approximate surface area is 125 Å². The van der Waals surface area contributed by atoms with Crippen LogP contribution in [0.4, 0.5) is 0 Å². The van der Waals surface area contributed by atoms with Gasteiger partial charge in [0.15, 0.2) is 0 Å². The highest BCUT2D eigenvalue weighted by Crippen LogP contribution is 2.46. The zero-order valence-corrected chi connectivity index (χ0v) is 12.9. The van der Waals surface area contributed by atoms with Gasteiger partial charge < -0.3 is 9.47 Å². The fourth-order valence-corrected chi connectivity index (χ4v) is 2.90. The predicted octanol–water partition coefficient (Wildman–Crippen LogP) is 4.04. The number of carbonyl (C=O) groups is 1. The molecule has 1 fully saturated rings. The first kappa shape index (κ1) is 15.2. The first-order valence-corrected chi connectivity index (χ1v) is 7.44. The SMILES string of the molecule is CCOc1ccc(Cl)cc1C(C)CC1CC1C(=O)OC. The van der Waals surface area contributed by atoms with E-state index in [1.54, 1.807) is 0 Å². The van der Waals surface area contributed by atoms with Crippen molar-refractivity contribution in [3.8, 4) is 5.75 Å². The minimum absolute atomic E-state index is 0.0807. The maximum absolute atomic E-state index is 11.5. The lowest BCUT2D eigenvalue weighted by Gasteiger charge is -2.17. The largest absolute Gasteiger partial charge is 0.494 e. The number of carbonyl (C=O) groups excluding carboxylic acids is 1. The predicted molar refractivity (Wildman–Crippen MR) is 79.3 cm³/mol. The van der Waals surface area contributed by atoms with Gasteiger partial charge in [0.2, 0.25) is 0 Å². The molecule has 0 bridgehead atoms. The molecule has 0 amide bonds. The van der Waals surface area contributed by atoms with E-state index in [-0.39, 0.29) is 11.9 Å². The third-order valence-electron chi connectivity index (χ3n) is 3.89. The Hall–Kier alpha value is -1.22. The van der Waals surface area contributed by atoms with E-state index in [0.29, 0.717) is 18.4 Å². The van der Waals surface area contributed by atoms with E-state index in [1.165, 1.54) is 7.11 Å². The van der Waals surface area contributed by atoms with Gasteiger partial charge in [0, 0.05) is 5.02 Å². The van der Waals surface area contributed by atoms with Crippen LogP contribution in [0.15, 0.2) is 18.2 Å². The Balaban J connectivity index is 2.04. The van der Waals surface area contributed by atoms with Crippen molar-refractivity contribution in [3.05, 3.63) is 28.8 Å². The zero-order chi connectivity index (χ0) is 14.7. The molecule has 0 aliphatic heterocycles. The quantitative estimate of drug-likeness (QED) is 0.743. The molecule has 0 saturated heterocycles. The van der Waals surface area contributed by atoms with Crippen molar-refractivity contribution in [2.75, 3.05) is 13.7 Å². The summed E-state index contributed by atoms with van der Waals surface area (Å²) in [5.74, 6) is 1.62. The average Bonchev–Trinajstić information content (AvgIpc) is 3.19. The summed E-state index contributed by atoms with van der Waals surface area (Å²) in [6, 6.07) is 5.73. The van der Waals surface area contributed by atoms with Crippen molar-refractivity contribution in [1.82, 2.24) is 0 Å². The van der Waals surface area contributed by atoms with Gasteiger partial charge in [-0.2, -0.15) is 0 Å². The van der Waals surface area contributed by atoms with E-state index in [4.69, 9.17) is 21.1 Å². The summed E-state index contributed by atoms with van der Waals surface area (Å²) in [4.78, 5) is 11.5. The number of hydrogen-bond donors (Lipinski definition) is 0. The molecule has 110 valence electrons. The summed E-state index contributed by atoms with van der Waals surface area (Å²) in [5.41, 5.74) is 1.12. The summed E-state index contributed by atoms with van der Waals surface area (Å²) in [5, 5.41) is 0.718. The first-order chi connectivity index (χ1) is 9.56. The van der Waals surface area contributed by atoms with Gasteiger partial charge in [-0.3, -0.25) is 4.79 Å². The standard InChI is InChI=1S/C16H21ClO3/c1-4-20-15-6-5-12(17)9-13(15)10(2)7-11-8-14(11)16(18)19-3/h5-6,9-11,14H,4,7-8H2,1-3H3. The van der Waals surface area contributed by atoms with Crippen LogP contribution in [-0.4, -0.2) is 19.7 Å². The van der Waals surface area contributed by atoms with Crippen LogP contribution in [0, 0.1) is 11.8 Å². The molecule has 3 atom stereocenters. The summed E-state index contributed by atoms with van der Waals surface area (Å²) in [6.07, 6.45) is 1.89. The number of esters is 1. The van der Waals surface area contributed by atoms with Crippen molar-refractivity contribution in [3.63, 3.8) is 0 Å². The lowest BCUT2D eigenvalue weighted by molar-refractivity contribution is -0.142. The molecule has 2 rings (SSSR count). The van der Waals surface area contributed by atoms with E-state index in [9.17, 15) is 4.79 Å². The smallest absolute Gasteiger partial charge is 0.308 e. The molecule has 0 aromatic heterocycles. The molecular formula is C16H21ClO3. The number of hydrogen-bond acceptors (Lipinski definition) is 3. The van der Waals surface area contributed by atoms with Crippen LogP contribution in [0.3, 0.4) is 0 Å². The van der Waals surface area contributed by atoms with Crippen LogP contribution in [-0.2, 0) is 9.53 Å². The summed E-state index contributed by atoms with van der Waals surface area (Å²) in [7, 11) is 1.45. The molecule has 0 heterocycles. The molecule has 1 aromatic carbocycles. The lowest BCUT2D eigenvalue weighted by atomic mass is 9.94. The van der Waals surface area contributed by atoms with Crippen molar-refractivity contribution in [2.45, 2.75) is 32.6 Å². The fraction of sp³-hybridized carbons (Fsp3) is 0.562. The molecule has 4 heteroatoms. The van der Waals surface area contributed by atoms with Gasteiger partial charge in [-0.05, 0) is 55.4 Å². The minimum atomic E-state index is -0.0849. The van der Waals surface area contributed by atoms with Crippen LogP contribution >= 0.6 is 11.6 Å². The summed E-state index contributed by atoms with van der Waals surface area (Å²) < 4.78 is 10.4. The van der Waals surface area contributed by atoms with E-state index in [1.807, 2.05) is 25.1 Å². The monoisotopic (exact) mass is 296 g/mol. The highest BCUT2D eigenvalue weighted by Gasteiger charge is 2.44. The van der Waals surface area contributed by atoms with Gasteiger partial charge in [-0.15, -0.1) is 0 Å². The Morgan fingerprint density at radius 3 is 2.90 bits per heavy atom. The minimum Gasteiger partial charge on any atom is -0.494 e. The van der Waals surface area contributed by atoms with Gasteiger partial charge >= 0.3 is 5.97 Å². The molecular weight excluding hydrogens is 276 g/mol. The molecule has 3 unspecified atom stereocenters. The second kappa shape index (κ2) is 6.49. The van der Waals surface area contributed by atoms with E-state index < -0.39 is 0 Å². The molecule has 0 N–H and O–H groups in total. The molecule has 1 saturated carbocycles. The van der Waals surface area contributed by atoms with Crippen molar-refractivity contribution >= 4 is 17.6 Å². The maximum Gasteiger partial charge on any atom is 0.308 e. The molecule has 20 heavy (non-hydrogen) atoms. The van der Waals surface area contributed by atoms with Gasteiger partial charge in [-0.25, -0.2) is 0 Å². The van der Waals surface area contributed by atoms with E-state index >= 15 is 0 Å². The maximum atomic E-state index is 11.5. The molecule has 0 radical (unpaired) electrons. The van der Waals surface area contributed by atoms with Gasteiger partial charge in [0.25, 0.3) is 0 Å². The fourth-order valence-electron chi connectivity index (χ4n) is 2.72.